The summed E-state index contributed by atoms with van der Waals surface area (Å²) in [5.41, 5.74) is 7.46. The molecule has 1 heterocycles. The van der Waals surface area contributed by atoms with Crippen LogP contribution >= 0.6 is 11.6 Å². The highest BCUT2D eigenvalue weighted by atomic mass is 35.5. The van der Waals surface area contributed by atoms with E-state index in [0.717, 1.165) is 22.8 Å². The highest BCUT2D eigenvalue weighted by Crippen LogP contribution is 2.25. The third-order valence-electron chi connectivity index (χ3n) is 2.78. The lowest BCUT2D eigenvalue weighted by atomic mass is 10.2. The van der Waals surface area contributed by atoms with Crippen LogP contribution in [-0.4, -0.2) is 16.2 Å². The summed E-state index contributed by atoms with van der Waals surface area (Å²) in [4.78, 5) is 4.33. The Morgan fingerprint density at radius 3 is 2.50 bits per heavy atom. The number of hydrogen-bond donors (Lipinski definition) is 1. The van der Waals surface area contributed by atoms with Crippen molar-refractivity contribution in [2.24, 2.45) is 12.8 Å². The Balaban J connectivity index is 2.36. The molecular formula is C13H16ClN3O. The van der Waals surface area contributed by atoms with Crippen LogP contribution in [0.25, 0.3) is 11.4 Å². The minimum absolute atomic E-state index is 0.374. The lowest BCUT2D eigenvalue weighted by Gasteiger charge is -2.06. The summed E-state index contributed by atoms with van der Waals surface area (Å²) in [6, 6.07) is 7.76. The van der Waals surface area contributed by atoms with Crippen LogP contribution < -0.4 is 10.5 Å². The third kappa shape index (κ3) is 2.35. The largest absolute Gasteiger partial charge is 0.494 e. The molecule has 0 atom stereocenters. The molecule has 1 aromatic heterocycles. The predicted molar refractivity (Wildman–Crippen MR) is 72.7 cm³/mol. The van der Waals surface area contributed by atoms with Gasteiger partial charge < -0.3 is 15.0 Å². The molecule has 0 bridgehead atoms. The molecule has 0 aliphatic carbocycles. The zero-order chi connectivity index (χ0) is 13.1. The minimum atomic E-state index is 0.374. The highest BCUT2D eigenvalue weighted by Gasteiger charge is 2.13. The van der Waals surface area contributed by atoms with Crippen molar-refractivity contribution in [3.63, 3.8) is 0 Å². The van der Waals surface area contributed by atoms with E-state index in [1.807, 2.05) is 42.8 Å². The summed E-state index contributed by atoms with van der Waals surface area (Å²) in [5, 5.41) is 0.462. The minimum Gasteiger partial charge on any atom is -0.494 e. The van der Waals surface area contributed by atoms with E-state index in [1.54, 1.807) is 0 Å². The van der Waals surface area contributed by atoms with Crippen molar-refractivity contribution in [1.29, 1.82) is 0 Å². The summed E-state index contributed by atoms with van der Waals surface area (Å²) in [6.07, 6.45) is 0. The van der Waals surface area contributed by atoms with Crippen LogP contribution in [0.5, 0.6) is 5.75 Å². The van der Waals surface area contributed by atoms with Crippen LogP contribution in [0.1, 0.15) is 12.6 Å². The Kier molecular flexibility index (Phi) is 3.89. The molecule has 0 saturated heterocycles. The van der Waals surface area contributed by atoms with Crippen molar-refractivity contribution < 1.29 is 4.74 Å². The monoisotopic (exact) mass is 265 g/mol. The fourth-order valence-electron chi connectivity index (χ4n) is 1.84. The average molecular weight is 266 g/mol. The molecule has 2 aromatic rings. The number of nitrogens with two attached hydrogens (primary N) is 1. The Hall–Kier alpha value is -1.52. The number of aromatic nitrogens is 2. The van der Waals surface area contributed by atoms with Gasteiger partial charge in [0.25, 0.3) is 0 Å². The zero-order valence-electron chi connectivity index (χ0n) is 10.5. The van der Waals surface area contributed by atoms with Crippen molar-refractivity contribution in [1.82, 2.24) is 9.55 Å². The van der Waals surface area contributed by atoms with Gasteiger partial charge in [0, 0.05) is 19.2 Å². The van der Waals surface area contributed by atoms with Crippen LogP contribution in [0.4, 0.5) is 0 Å². The first-order chi connectivity index (χ1) is 8.67. The van der Waals surface area contributed by atoms with Gasteiger partial charge >= 0.3 is 0 Å². The first-order valence-electron chi connectivity index (χ1n) is 5.81. The molecular weight excluding hydrogens is 250 g/mol. The highest BCUT2D eigenvalue weighted by molar-refractivity contribution is 6.30. The van der Waals surface area contributed by atoms with Gasteiger partial charge in [0.15, 0.2) is 5.15 Å². The van der Waals surface area contributed by atoms with Gasteiger partial charge in [-0.2, -0.15) is 0 Å². The smallest absolute Gasteiger partial charge is 0.152 e. The van der Waals surface area contributed by atoms with Gasteiger partial charge in [0.2, 0.25) is 0 Å². The van der Waals surface area contributed by atoms with E-state index in [2.05, 4.69) is 4.98 Å². The van der Waals surface area contributed by atoms with E-state index < -0.39 is 0 Å². The van der Waals surface area contributed by atoms with Crippen LogP contribution in [0.3, 0.4) is 0 Å². The molecule has 0 amide bonds. The lowest BCUT2D eigenvalue weighted by molar-refractivity contribution is 0.340. The summed E-state index contributed by atoms with van der Waals surface area (Å²) >= 11 is 6.04. The van der Waals surface area contributed by atoms with Gasteiger partial charge in [0.05, 0.1) is 12.3 Å². The van der Waals surface area contributed by atoms with Crippen LogP contribution in [0.15, 0.2) is 24.3 Å². The number of imidazole rings is 1. The average Bonchev–Trinajstić information content (AvgIpc) is 2.66. The summed E-state index contributed by atoms with van der Waals surface area (Å²) in [5.74, 6) is 1.66. The van der Waals surface area contributed by atoms with Crippen LogP contribution in [-0.2, 0) is 13.6 Å². The van der Waals surface area contributed by atoms with E-state index >= 15 is 0 Å². The lowest BCUT2D eigenvalue weighted by Crippen LogP contribution is -2.04. The second-order valence-electron chi connectivity index (χ2n) is 3.89. The molecule has 0 fully saturated rings. The summed E-state index contributed by atoms with van der Waals surface area (Å²) < 4.78 is 7.32. The van der Waals surface area contributed by atoms with Gasteiger partial charge in [-0.1, -0.05) is 11.6 Å². The van der Waals surface area contributed by atoms with E-state index in [0.29, 0.717) is 18.3 Å². The maximum atomic E-state index is 6.04. The molecule has 2 rings (SSSR count). The second-order valence-corrected chi connectivity index (χ2v) is 4.25. The number of nitrogens with zero attached hydrogens (tertiary/aromatic N) is 2. The first-order valence-corrected chi connectivity index (χ1v) is 6.19. The molecule has 0 unspecified atom stereocenters. The molecule has 2 N–H and O–H groups in total. The number of halogens is 1. The van der Waals surface area contributed by atoms with E-state index in [-0.39, 0.29) is 0 Å². The van der Waals surface area contributed by atoms with Gasteiger partial charge in [0.1, 0.15) is 11.6 Å². The number of benzene rings is 1. The van der Waals surface area contributed by atoms with Gasteiger partial charge in [-0.3, -0.25) is 0 Å². The molecule has 1 aromatic carbocycles. The zero-order valence-corrected chi connectivity index (χ0v) is 11.2. The van der Waals surface area contributed by atoms with Crippen molar-refractivity contribution in [3.05, 3.63) is 35.1 Å². The number of hydrogen-bond acceptors (Lipinski definition) is 3. The molecule has 0 spiro atoms. The maximum absolute atomic E-state index is 6.04. The van der Waals surface area contributed by atoms with Gasteiger partial charge in [-0.05, 0) is 31.2 Å². The Bertz CT molecular complexity index is 534. The first kappa shape index (κ1) is 12.9. The molecule has 0 aliphatic rings. The van der Waals surface area contributed by atoms with E-state index in [1.165, 1.54) is 0 Å². The quantitative estimate of drug-likeness (QED) is 0.925. The fourth-order valence-corrected chi connectivity index (χ4v) is 2.13. The molecule has 0 saturated carbocycles. The van der Waals surface area contributed by atoms with Crippen molar-refractivity contribution in [2.75, 3.05) is 6.61 Å². The Morgan fingerprint density at radius 2 is 2.00 bits per heavy atom. The van der Waals surface area contributed by atoms with Crippen LogP contribution in [0, 0.1) is 0 Å². The molecule has 96 valence electrons. The van der Waals surface area contributed by atoms with Crippen LogP contribution in [0.2, 0.25) is 5.15 Å². The van der Waals surface area contributed by atoms with E-state index in [4.69, 9.17) is 22.1 Å². The van der Waals surface area contributed by atoms with Crippen molar-refractivity contribution in [3.8, 4) is 17.1 Å². The van der Waals surface area contributed by atoms with Gasteiger partial charge in [-0.25, -0.2) is 4.98 Å². The molecule has 0 radical (unpaired) electrons. The van der Waals surface area contributed by atoms with Crippen molar-refractivity contribution in [2.45, 2.75) is 13.5 Å². The van der Waals surface area contributed by atoms with E-state index in [9.17, 15) is 0 Å². The standard InChI is InChI=1S/C13H16ClN3O/c1-3-18-10-6-4-9(5-7-10)13-16-12(14)11(8-15)17(13)2/h4-7H,3,8,15H2,1-2H3. The molecule has 18 heavy (non-hydrogen) atoms. The van der Waals surface area contributed by atoms with Gasteiger partial charge in [-0.15, -0.1) is 0 Å². The van der Waals surface area contributed by atoms with Crippen molar-refractivity contribution >= 4 is 11.6 Å². The fraction of sp³-hybridized carbons (Fsp3) is 0.308. The SMILES string of the molecule is CCOc1ccc(-c2nc(Cl)c(CN)n2C)cc1. The Morgan fingerprint density at radius 1 is 1.33 bits per heavy atom. The predicted octanol–water partition coefficient (Wildman–Crippen LogP) is 2.60. The number of rotatable bonds is 4. The second kappa shape index (κ2) is 5.42. The maximum Gasteiger partial charge on any atom is 0.152 e. The third-order valence-corrected chi connectivity index (χ3v) is 3.08. The summed E-state index contributed by atoms with van der Waals surface area (Å²) in [7, 11) is 1.91. The Labute approximate surface area is 111 Å². The molecule has 4 nitrogen and oxygen atoms in total. The number of ether oxygens (including phenoxy) is 1. The molecule has 0 aliphatic heterocycles. The normalized spacial score (nSPS) is 10.7. The summed E-state index contributed by atoms with van der Waals surface area (Å²) in [6.45, 7) is 2.99. The molecule has 5 heteroatoms. The topological polar surface area (TPSA) is 53.1 Å².